The van der Waals surface area contributed by atoms with Gasteiger partial charge in [-0.1, -0.05) is 6.07 Å². The fourth-order valence-electron chi connectivity index (χ4n) is 2.42. The number of rotatable bonds is 7. The summed E-state index contributed by atoms with van der Waals surface area (Å²) < 4.78 is 6.59. The van der Waals surface area contributed by atoms with E-state index in [1.54, 1.807) is 24.5 Å². The Hall–Kier alpha value is -3.19. The number of aromatic nitrogens is 2. The van der Waals surface area contributed by atoms with Crippen molar-refractivity contribution in [2.75, 3.05) is 13.7 Å². The second-order valence-corrected chi connectivity index (χ2v) is 6.65. The van der Waals surface area contributed by atoms with Crippen molar-refractivity contribution in [3.8, 4) is 17.0 Å². The molecule has 0 aliphatic heterocycles. The fraction of sp³-hybridized carbons (Fsp3) is 0.150. The first-order chi connectivity index (χ1) is 13.2. The van der Waals surface area contributed by atoms with Crippen LogP contribution in [0.3, 0.4) is 0 Å². The average Bonchev–Trinajstić information content (AvgIpc) is 3.21. The maximum absolute atomic E-state index is 12.3. The van der Waals surface area contributed by atoms with E-state index in [1.165, 1.54) is 23.0 Å². The van der Waals surface area contributed by atoms with Crippen LogP contribution in [-0.2, 0) is 11.3 Å². The quantitative estimate of drug-likeness (QED) is 0.639. The summed E-state index contributed by atoms with van der Waals surface area (Å²) in [6.07, 6.45) is 4.74. The van der Waals surface area contributed by atoms with E-state index in [9.17, 15) is 9.59 Å². The number of nitrogens with one attached hydrogen (secondary N) is 1. The number of hydrogen-bond acceptors (Lipinski definition) is 5. The molecule has 0 aliphatic carbocycles. The highest BCUT2D eigenvalue weighted by Gasteiger charge is 2.04. The van der Waals surface area contributed by atoms with Crippen LogP contribution in [0.2, 0.25) is 0 Å². The number of methoxy groups -OCH3 is 1. The lowest BCUT2D eigenvalue weighted by Gasteiger charge is -2.07. The third kappa shape index (κ3) is 5.15. The van der Waals surface area contributed by atoms with Crippen LogP contribution in [0.1, 0.15) is 4.88 Å². The van der Waals surface area contributed by atoms with Gasteiger partial charge in [-0.15, -0.1) is 11.3 Å². The second kappa shape index (κ2) is 8.95. The van der Waals surface area contributed by atoms with E-state index in [4.69, 9.17) is 4.74 Å². The maximum Gasteiger partial charge on any atom is 0.253 e. The van der Waals surface area contributed by atoms with Gasteiger partial charge in [0.1, 0.15) is 5.75 Å². The Labute approximate surface area is 160 Å². The molecule has 0 saturated heterocycles. The van der Waals surface area contributed by atoms with Crippen LogP contribution < -0.4 is 15.6 Å². The Balaban J connectivity index is 1.56. The number of hydrogen-bond donors (Lipinski definition) is 1. The predicted molar refractivity (Wildman–Crippen MR) is 107 cm³/mol. The summed E-state index contributed by atoms with van der Waals surface area (Å²) in [5.41, 5.74) is 1.27. The Kier molecular flexibility index (Phi) is 6.17. The highest BCUT2D eigenvalue weighted by Crippen LogP contribution is 2.19. The molecule has 2 aromatic heterocycles. The molecular formula is C20H19N3O3S. The zero-order chi connectivity index (χ0) is 19.1. The van der Waals surface area contributed by atoms with E-state index in [0.717, 1.165) is 16.2 Å². The predicted octanol–water partition coefficient (Wildman–Crippen LogP) is 2.81. The van der Waals surface area contributed by atoms with Gasteiger partial charge in [0.05, 0.1) is 19.1 Å². The lowest BCUT2D eigenvalue weighted by Crippen LogP contribution is -2.29. The standard InChI is InChI=1S/C20H19N3O3S/c1-26-16-6-4-15(5-7-16)18-13-20(25)23(14-22-18)11-10-21-19(24)9-8-17-3-2-12-27-17/h2-9,12-14H,10-11H2,1H3,(H,21,24)/b9-8+. The summed E-state index contributed by atoms with van der Waals surface area (Å²) in [5, 5.41) is 4.71. The number of nitrogens with zero attached hydrogens (tertiary/aromatic N) is 2. The first-order valence-electron chi connectivity index (χ1n) is 8.36. The monoisotopic (exact) mass is 381 g/mol. The molecule has 3 aromatic rings. The molecule has 1 aromatic carbocycles. The van der Waals surface area contributed by atoms with Gasteiger partial charge >= 0.3 is 0 Å². The van der Waals surface area contributed by atoms with Gasteiger partial charge in [-0.3, -0.25) is 14.2 Å². The van der Waals surface area contributed by atoms with Crippen molar-refractivity contribution in [2.24, 2.45) is 0 Å². The minimum absolute atomic E-state index is 0.167. The summed E-state index contributed by atoms with van der Waals surface area (Å²) in [6.45, 7) is 0.699. The molecule has 0 aliphatic rings. The van der Waals surface area contributed by atoms with Crippen molar-refractivity contribution < 1.29 is 9.53 Å². The van der Waals surface area contributed by atoms with Crippen LogP contribution in [-0.4, -0.2) is 29.1 Å². The van der Waals surface area contributed by atoms with Gasteiger partial charge in [-0.05, 0) is 41.8 Å². The number of thiophene rings is 1. The number of ether oxygens (including phenoxy) is 1. The molecular weight excluding hydrogens is 362 g/mol. The topological polar surface area (TPSA) is 73.2 Å². The normalized spacial score (nSPS) is 10.9. The third-order valence-electron chi connectivity index (χ3n) is 3.86. The van der Waals surface area contributed by atoms with Gasteiger partial charge in [0.25, 0.3) is 5.56 Å². The molecule has 0 spiro atoms. The molecule has 1 N–H and O–H groups in total. The molecule has 3 rings (SSSR count). The molecule has 0 saturated carbocycles. The highest BCUT2D eigenvalue weighted by atomic mass is 32.1. The Bertz CT molecular complexity index is 976. The zero-order valence-corrected chi connectivity index (χ0v) is 15.6. The van der Waals surface area contributed by atoms with Crippen LogP contribution in [0.15, 0.2) is 65.0 Å². The summed E-state index contributed by atoms with van der Waals surface area (Å²) in [5.74, 6) is 0.551. The number of carbonyl (C=O) groups is 1. The molecule has 0 bridgehead atoms. The van der Waals surface area contributed by atoms with Gasteiger partial charge in [-0.25, -0.2) is 4.98 Å². The van der Waals surface area contributed by atoms with Crippen molar-refractivity contribution in [1.82, 2.24) is 14.9 Å². The van der Waals surface area contributed by atoms with E-state index in [0.29, 0.717) is 18.8 Å². The Morgan fingerprint density at radius 1 is 1.30 bits per heavy atom. The molecule has 7 heteroatoms. The van der Waals surface area contributed by atoms with Gasteiger partial charge in [-0.2, -0.15) is 0 Å². The van der Waals surface area contributed by atoms with Crippen LogP contribution in [0, 0.1) is 0 Å². The first kappa shape index (κ1) is 18.6. The lowest BCUT2D eigenvalue weighted by molar-refractivity contribution is -0.116. The smallest absolute Gasteiger partial charge is 0.253 e. The Morgan fingerprint density at radius 3 is 2.78 bits per heavy atom. The van der Waals surface area contributed by atoms with Crippen molar-refractivity contribution in [1.29, 1.82) is 0 Å². The second-order valence-electron chi connectivity index (χ2n) is 5.67. The van der Waals surface area contributed by atoms with E-state index >= 15 is 0 Å². The summed E-state index contributed by atoms with van der Waals surface area (Å²) in [7, 11) is 1.60. The summed E-state index contributed by atoms with van der Waals surface area (Å²) >= 11 is 1.56. The van der Waals surface area contributed by atoms with Crippen LogP contribution in [0.5, 0.6) is 5.75 Å². The van der Waals surface area contributed by atoms with Crippen LogP contribution in [0.25, 0.3) is 17.3 Å². The number of carbonyl (C=O) groups excluding carboxylic acids is 1. The van der Waals surface area contributed by atoms with E-state index in [1.807, 2.05) is 41.8 Å². The van der Waals surface area contributed by atoms with Crippen molar-refractivity contribution in [3.63, 3.8) is 0 Å². The van der Waals surface area contributed by atoms with E-state index in [2.05, 4.69) is 10.3 Å². The van der Waals surface area contributed by atoms with E-state index in [-0.39, 0.29) is 11.5 Å². The molecule has 0 atom stereocenters. The molecule has 1 amide bonds. The molecule has 138 valence electrons. The minimum atomic E-state index is -0.195. The van der Waals surface area contributed by atoms with Gasteiger partial charge in [0, 0.05) is 35.7 Å². The van der Waals surface area contributed by atoms with Crippen LogP contribution in [0.4, 0.5) is 0 Å². The van der Waals surface area contributed by atoms with Crippen molar-refractivity contribution >= 4 is 23.3 Å². The van der Waals surface area contributed by atoms with E-state index < -0.39 is 0 Å². The largest absolute Gasteiger partial charge is 0.497 e. The van der Waals surface area contributed by atoms with Gasteiger partial charge < -0.3 is 10.1 Å². The molecule has 0 unspecified atom stereocenters. The van der Waals surface area contributed by atoms with Gasteiger partial charge in [0.2, 0.25) is 5.91 Å². The van der Waals surface area contributed by atoms with Gasteiger partial charge in [0.15, 0.2) is 0 Å². The van der Waals surface area contributed by atoms with Crippen LogP contribution >= 0.6 is 11.3 Å². The summed E-state index contributed by atoms with van der Waals surface area (Å²) in [4.78, 5) is 29.4. The lowest BCUT2D eigenvalue weighted by atomic mass is 10.1. The van der Waals surface area contributed by atoms with Crippen molar-refractivity contribution in [3.05, 3.63) is 75.5 Å². The van der Waals surface area contributed by atoms with Crippen molar-refractivity contribution in [2.45, 2.75) is 6.54 Å². The number of benzene rings is 1. The third-order valence-corrected chi connectivity index (χ3v) is 4.70. The molecule has 0 fully saturated rings. The molecule has 6 nitrogen and oxygen atoms in total. The highest BCUT2D eigenvalue weighted by molar-refractivity contribution is 7.10. The molecule has 2 heterocycles. The minimum Gasteiger partial charge on any atom is -0.497 e. The molecule has 0 radical (unpaired) electrons. The fourth-order valence-corrected chi connectivity index (χ4v) is 3.03. The average molecular weight is 381 g/mol. The maximum atomic E-state index is 12.3. The summed E-state index contributed by atoms with van der Waals surface area (Å²) in [6, 6.07) is 12.7. The Morgan fingerprint density at radius 2 is 2.11 bits per heavy atom. The molecule has 27 heavy (non-hydrogen) atoms. The zero-order valence-electron chi connectivity index (χ0n) is 14.8. The first-order valence-corrected chi connectivity index (χ1v) is 9.24. The number of amides is 1. The SMILES string of the molecule is COc1ccc(-c2cc(=O)n(CCNC(=O)/C=C/c3cccs3)cn2)cc1.